The van der Waals surface area contributed by atoms with Crippen LogP contribution in [0.5, 0.6) is 0 Å². The van der Waals surface area contributed by atoms with Gasteiger partial charge in [-0.1, -0.05) is 18.7 Å². The molecule has 0 unspecified atom stereocenters. The molecule has 1 N–H and O–H groups in total. The van der Waals surface area contributed by atoms with Crippen molar-refractivity contribution in [3.8, 4) is 0 Å². The van der Waals surface area contributed by atoms with Crippen LogP contribution in [-0.4, -0.2) is 31.6 Å². The molecule has 0 saturated carbocycles. The average molecular weight is 480 g/mol. The van der Waals surface area contributed by atoms with Gasteiger partial charge in [0.05, 0.1) is 5.97 Å². The monoisotopic (exact) mass is 481 g/mol. The number of amides is 1. The van der Waals surface area contributed by atoms with Crippen LogP contribution in [0, 0.1) is 0 Å². The van der Waals surface area contributed by atoms with Crippen molar-refractivity contribution in [3.63, 3.8) is 0 Å². The minimum atomic E-state index is -1.24. The Balaban J connectivity index is 0.000000503. The summed E-state index contributed by atoms with van der Waals surface area (Å²) in [5.74, 6) is -1.59. The SMILES string of the molecule is C=CC(=O)Nc1ccc(C(=O)[O-])cc1.CCC[CH2][Sn+]([CH2]CCC)[CH2]CCC. The van der Waals surface area contributed by atoms with Gasteiger partial charge >= 0.3 is 92.4 Å². The molecule has 0 aromatic heterocycles. The Labute approximate surface area is 172 Å². The number of carbonyl (C=O) groups excluding carboxylic acids is 2. The van der Waals surface area contributed by atoms with Crippen molar-refractivity contribution < 1.29 is 14.7 Å². The maximum atomic E-state index is 10.8. The molecule has 0 fully saturated rings. The normalized spacial score (nSPS) is 9.74. The van der Waals surface area contributed by atoms with E-state index >= 15 is 0 Å². The van der Waals surface area contributed by atoms with Crippen molar-refractivity contribution in [2.75, 3.05) is 5.32 Å². The Morgan fingerprint density at radius 3 is 1.74 bits per heavy atom. The Morgan fingerprint density at radius 1 is 0.963 bits per heavy atom. The van der Waals surface area contributed by atoms with Crippen molar-refractivity contribution in [2.24, 2.45) is 0 Å². The fourth-order valence-electron chi connectivity index (χ4n) is 2.54. The van der Waals surface area contributed by atoms with Crippen LogP contribution in [0.15, 0.2) is 36.9 Å². The quantitative estimate of drug-likeness (QED) is 0.336. The number of hydrogen-bond donors (Lipinski definition) is 1. The first-order valence-corrected chi connectivity index (χ1v) is 16.1. The van der Waals surface area contributed by atoms with Gasteiger partial charge in [0.25, 0.3) is 0 Å². The van der Waals surface area contributed by atoms with Crippen LogP contribution < -0.4 is 10.4 Å². The van der Waals surface area contributed by atoms with Crippen LogP contribution in [0.2, 0.25) is 13.3 Å². The zero-order chi connectivity index (χ0) is 20.5. The molecule has 0 atom stereocenters. The fraction of sp³-hybridized carbons (Fsp3) is 0.545. The molecule has 1 aromatic rings. The van der Waals surface area contributed by atoms with E-state index in [0.29, 0.717) is 5.69 Å². The Morgan fingerprint density at radius 2 is 1.41 bits per heavy atom. The number of aromatic carboxylic acids is 1. The van der Waals surface area contributed by atoms with Crippen LogP contribution in [0.3, 0.4) is 0 Å². The first-order chi connectivity index (χ1) is 13.0. The van der Waals surface area contributed by atoms with Crippen LogP contribution in [0.4, 0.5) is 5.69 Å². The van der Waals surface area contributed by atoms with Crippen LogP contribution in [0.25, 0.3) is 0 Å². The maximum absolute atomic E-state index is 10.8. The molecule has 1 aromatic carbocycles. The van der Waals surface area contributed by atoms with E-state index in [4.69, 9.17) is 0 Å². The number of rotatable bonds is 12. The molecule has 0 aliphatic carbocycles. The zero-order valence-electron chi connectivity index (χ0n) is 17.2. The van der Waals surface area contributed by atoms with Gasteiger partial charge < -0.3 is 15.2 Å². The average Bonchev–Trinajstić information content (AvgIpc) is 2.68. The number of nitrogens with one attached hydrogen (secondary N) is 1. The van der Waals surface area contributed by atoms with Gasteiger partial charge in [-0.05, 0) is 23.8 Å². The van der Waals surface area contributed by atoms with Gasteiger partial charge in [0.2, 0.25) is 5.91 Å². The summed E-state index contributed by atoms with van der Waals surface area (Å²) in [6.45, 7) is 10.3. The zero-order valence-corrected chi connectivity index (χ0v) is 20.0. The van der Waals surface area contributed by atoms with Gasteiger partial charge in [-0.25, -0.2) is 0 Å². The van der Waals surface area contributed by atoms with E-state index in [1.807, 2.05) is 0 Å². The predicted molar refractivity (Wildman–Crippen MR) is 114 cm³/mol. The second-order valence-electron chi connectivity index (χ2n) is 6.62. The second-order valence-corrected chi connectivity index (χ2v) is 15.2. The molecule has 1 rings (SSSR count). The molecule has 0 bridgehead atoms. The molecule has 1 amide bonds. The number of unbranched alkanes of at least 4 members (excludes halogenated alkanes) is 3. The number of anilines is 1. The van der Waals surface area contributed by atoms with Crippen molar-refractivity contribution in [2.45, 2.75) is 72.6 Å². The number of carboxylic acids is 1. The molecule has 0 saturated heterocycles. The molecule has 150 valence electrons. The van der Waals surface area contributed by atoms with E-state index in [0.717, 1.165) is 6.08 Å². The third-order valence-corrected chi connectivity index (χ3v) is 13.3. The molecule has 4 nitrogen and oxygen atoms in total. The van der Waals surface area contributed by atoms with Gasteiger partial charge in [-0.15, -0.1) is 0 Å². The third-order valence-electron chi connectivity index (χ3n) is 4.23. The van der Waals surface area contributed by atoms with Crippen LogP contribution in [0.1, 0.15) is 69.7 Å². The predicted octanol–water partition coefficient (Wildman–Crippen LogP) is 5.06. The van der Waals surface area contributed by atoms with E-state index in [-0.39, 0.29) is 11.5 Å². The fourth-order valence-corrected chi connectivity index (χ4v) is 12.0. The van der Waals surface area contributed by atoms with Gasteiger partial charge in [0.15, 0.2) is 0 Å². The second kappa shape index (κ2) is 16.8. The van der Waals surface area contributed by atoms with E-state index in [9.17, 15) is 14.7 Å². The Hall–Kier alpha value is -1.30. The first-order valence-electron chi connectivity index (χ1n) is 10.1. The summed E-state index contributed by atoms with van der Waals surface area (Å²) in [4.78, 5) is 21.2. The van der Waals surface area contributed by atoms with Gasteiger partial charge in [-0.2, -0.15) is 0 Å². The van der Waals surface area contributed by atoms with E-state index < -0.39 is 25.7 Å². The number of carbonyl (C=O) groups is 2. The summed E-state index contributed by atoms with van der Waals surface area (Å²) in [6.07, 6.45) is 9.98. The topological polar surface area (TPSA) is 69.2 Å². The van der Waals surface area contributed by atoms with E-state index in [2.05, 4.69) is 32.7 Å². The van der Waals surface area contributed by atoms with Crippen LogP contribution in [-0.2, 0) is 4.79 Å². The summed E-state index contributed by atoms with van der Waals surface area (Å²) in [5, 5.41) is 12.9. The molecule has 0 radical (unpaired) electrons. The van der Waals surface area contributed by atoms with Crippen LogP contribution >= 0.6 is 0 Å². The first kappa shape index (κ1) is 25.7. The van der Waals surface area contributed by atoms with Gasteiger partial charge in [-0.3, -0.25) is 4.79 Å². The number of carboxylic acid groups (broad SMARTS) is 1. The summed E-state index contributed by atoms with van der Waals surface area (Å²) >= 11 is -0.839. The Kier molecular flexibility index (Phi) is 16.0. The standard InChI is InChI=1S/C10H9NO3.3C4H9.Sn/c1-2-9(12)11-8-5-3-7(4-6-8)10(13)14;3*1-3-4-2;/h2-6H,1H2,(H,11,12)(H,13,14);3*1,3-4H2,2H3;/q;;;;+1/p-1. The number of hydrogen-bond acceptors (Lipinski definition) is 3. The van der Waals surface area contributed by atoms with E-state index in [1.165, 1.54) is 62.8 Å². The van der Waals surface area contributed by atoms with Gasteiger partial charge in [0.1, 0.15) is 0 Å². The molecule has 27 heavy (non-hydrogen) atoms. The summed E-state index contributed by atoms with van der Waals surface area (Å²) < 4.78 is 5.04. The van der Waals surface area contributed by atoms with Crippen molar-refractivity contribution in [1.82, 2.24) is 0 Å². The summed E-state index contributed by atoms with van der Waals surface area (Å²) in [7, 11) is 0. The molecular formula is C22H35NO3Sn. The van der Waals surface area contributed by atoms with Gasteiger partial charge in [0, 0.05) is 5.69 Å². The van der Waals surface area contributed by atoms with Crippen molar-refractivity contribution >= 4 is 37.3 Å². The van der Waals surface area contributed by atoms with E-state index in [1.54, 1.807) is 13.3 Å². The molecular weight excluding hydrogens is 445 g/mol. The summed E-state index contributed by atoms with van der Waals surface area (Å²) in [6, 6.07) is 5.67. The molecule has 0 spiro atoms. The molecule has 0 aliphatic rings. The van der Waals surface area contributed by atoms with Crippen molar-refractivity contribution in [1.29, 1.82) is 0 Å². The Bertz CT molecular complexity index is 524. The summed E-state index contributed by atoms with van der Waals surface area (Å²) in [5.41, 5.74) is 0.585. The third kappa shape index (κ3) is 13.5. The minimum absolute atomic E-state index is 0.0709. The molecule has 0 aliphatic heterocycles. The molecule has 0 heterocycles. The van der Waals surface area contributed by atoms with Crippen molar-refractivity contribution in [3.05, 3.63) is 42.5 Å². The number of benzene rings is 1. The molecule has 5 heteroatoms.